The molecule has 36 heavy (non-hydrogen) atoms. The van der Waals surface area contributed by atoms with E-state index in [2.05, 4.69) is 20.7 Å². The molecule has 2 amide bonds. The van der Waals surface area contributed by atoms with Crippen LogP contribution in [-0.2, 0) is 13.1 Å². The molecule has 9 nitrogen and oxygen atoms in total. The molecule has 0 fully saturated rings. The van der Waals surface area contributed by atoms with Crippen LogP contribution in [0.4, 0.5) is 0 Å². The topological polar surface area (TPSA) is 115 Å². The Morgan fingerprint density at radius 3 is 2.69 bits per heavy atom. The molecule has 5 rings (SSSR count). The summed E-state index contributed by atoms with van der Waals surface area (Å²) in [4.78, 5) is 34.5. The van der Waals surface area contributed by atoms with Gasteiger partial charge in [0.1, 0.15) is 12.3 Å². The van der Waals surface area contributed by atoms with Crippen LogP contribution in [0.3, 0.4) is 0 Å². The van der Waals surface area contributed by atoms with Gasteiger partial charge in [-0.1, -0.05) is 12.1 Å². The summed E-state index contributed by atoms with van der Waals surface area (Å²) in [7, 11) is 0. The molecule has 4 heterocycles. The fraction of sp³-hybridized carbons (Fsp3) is 0.148. The summed E-state index contributed by atoms with van der Waals surface area (Å²) in [6, 6.07) is 16.3. The average molecular weight is 481 g/mol. The van der Waals surface area contributed by atoms with Crippen LogP contribution in [0, 0.1) is 0 Å². The molecule has 0 bridgehead atoms. The van der Waals surface area contributed by atoms with Gasteiger partial charge < -0.3 is 15.1 Å². The molecule has 0 aliphatic heterocycles. The summed E-state index contributed by atoms with van der Waals surface area (Å²) in [5, 5.41) is 10.9. The monoisotopic (exact) mass is 480 g/mol. The van der Waals surface area contributed by atoms with Gasteiger partial charge in [-0.2, -0.15) is 5.10 Å². The van der Waals surface area contributed by atoms with Gasteiger partial charge in [0.2, 0.25) is 0 Å². The summed E-state index contributed by atoms with van der Waals surface area (Å²) in [6.45, 7) is 3.06. The van der Waals surface area contributed by atoms with Crippen LogP contribution in [0.25, 0.3) is 22.3 Å². The lowest BCUT2D eigenvalue weighted by Crippen LogP contribution is -2.24. The van der Waals surface area contributed by atoms with Crippen molar-refractivity contribution in [2.24, 2.45) is 0 Å². The van der Waals surface area contributed by atoms with Crippen molar-refractivity contribution in [1.29, 1.82) is 0 Å². The number of carbonyl (C=O) groups excluding carboxylic acids is 2. The van der Waals surface area contributed by atoms with Crippen molar-refractivity contribution in [3.05, 3.63) is 102 Å². The molecule has 180 valence electrons. The van der Waals surface area contributed by atoms with Crippen molar-refractivity contribution in [3.63, 3.8) is 0 Å². The first-order valence-corrected chi connectivity index (χ1v) is 11.6. The maximum atomic E-state index is 13.4. The molecular formula is C27H24N6O3. The van der Waals surface area contributed by atoms with E-state index in [9.17, 15) is 9.59 Å². The standard InChI is InChI=1S/C27H24N6O3/c1-2-29-26(34)19-7-3-6-18(12-19)14-30-27(35)22-13-24(20-8-4-10-28-15-20)32-25-23(22)16-31-33(25)17-21-9-5-11-36-21/h3-13,15-16H,2,14,17H2,1H3,(H,29,34)(H,30,35). The molecule has 0 atom stereocenters. The van der Waals surface area contributed by atoms with Crippen molar-refractivity contribution in [2.75, 3.05) is 6.54 Å². The zero-order valence-electron chi connectivity index (χ0n) is 19.6. The number of fused-ring (bicyclic) bond motifs is 1. The number of nitrogens with one attached hydrogen (secondary N) is 2. The summed E-state index contributed by atoms with van der Waals surface area (Å²) < 4.78 is 7.18. The molecule has 0 aliphatic carbocycles. The van der Waals surface area contributed by atoms with Crippen LogP contribution in [-0.4, -0.2) is 38.1 Å². The summed E-state index contributed by atoms with van der Waals surface area (Å²) in [6.07, 6.45) is 6.64. The van der Waals surface area contributed by atoms with Gasteiger partial charge in [0, 0.05) is 36.6 Å². The van der Waals surface area contributed by atoms with Crippen molar-refractivity contribution in [1.82, 2.24) is 30.4 Å². The first-order valence-electron chi connectivity index (χ1n) is 11.6. The molecule has 0 spiro atoms. The zero-order chi connectivity index (χ0) is 24.9. The van der Waals surface area contributed by atoms with Gasteiger partial charge in [0.15, 0.2) is 5.65 Å². The van der Waals surface area contributed by atoms with Crippen LogP contribution >= 0.6 is 0 Å². The largest absolute Gasteiger partial charge is 0.467 e. The van der Waals surface area contributed by atoms with Crippen molar-refractivity contribution < 1.29 is 14.0 Å². The second-order valence-corrected chi connectivity index (χ2v) is 8.16. The number of aromatic nitrogens is 4. The number of nitrogens with zero attached hydrogens (tertiary/aromatic N) is 4. The van der Waals surface area contributed by atoms with Gasteiger partial charge in [-0.25, -0.2) is 9.67 Å². The lowest BCUT2D eigenvalue weighted by molar-refractivity contribution is 0.0948. The highest BCUT2D eigenvalue weighted by Crippen LogP contribution is 2.25. The fourth-order valence-electron chi connectivity index (χ4n) is 3.93. The maximum absolute atomic E-state index is 13.4. The maximum Gasteiger partial charge on any atom is 0.252 e. The Labute approximate surface area is 207 Å². The van der Waals surface area contributed by atoms with E-state index in [1.54, 1.807) is 53.8 Å². The quantitative estimate of drug-likeness (QED) is 0.349. The van der Waals surface area contributed by atoms with Crippen molar-refractivity contribution >= 4 is 22.8 Å². The molecule has 5 aromatic rings. The Morgan fingerprint density at radius 2 is 1.92 bits per heavy atom. The number of furan rings is 1. The van der Waals surface area contributed by atoms with E-state index in [0.29, 0.717) is 40.9 Å². The summed E-state index contributed by atoms with van der Waals surface area (Å²) in [5.74, 6) is 0.312. The van der Waals surface area contributed by atoms with E-state index in [1.807, 2.05) is 37.3 Å². The predicted molar refractivity (Wildman–Crippen MR) is 134 cm³/mol. The Bertz CT molecular complexity index is 1510. The van der Waals surface area contributed by atoms with Gasteiger partial charge in [-0.15, -0.1) is 0 Å². The smallest absolute Gasteiger partial charge is 0.252 e. The van der Waals surface area contributed by atoms with Gasteiger partial charge in [0.05, 0.1) is 29.1 Å². The fourth-order valence-corrected chi connectivity index (χ4v) is 3.93. The second kappa shape index (κ2) is 10.2. The van der Waals surface area contributed by atoms with Gasteiger partial charge >= 0.3 is 0 Å². The van der Waals surface area contributed by atoms with Gasteiger partial charge in [0.25, 0.3) is 11.8 Å². The first kappa shape index (κ1) is 23.0. The summed E-state index contributed by atoms with van der Waals surface area (Å²) >= 11 is 0. The number of pyridine rings is 2. The highest BCUT2D eigenvalue weighted by Gasteiger charge is 2.18. The Morgan fingerprint density at radius 1 is 1.00 bits per heavy atom. The van der Waals surface area contributed by atoms with Crippen molar-refractivity contribution in [2.45, 2.75) is 20.0 Å². The molecular weight excluding hydrogens is 456 g/mol. The molecule has 0 unspecified atom stereocenters. The third kappa shape index (κ3) is 4.85. The van der Waals surface area contributed by atoms with Crippen LogP contribution < -0.4 is 10.6 Å². The lowest BCUT2D eigenvalue weighted by Gasteiger charge is -2.10. The molecule has 0 radical (unpaired) electrons. The molecule has 0 saturated carbocycles. The van der Waals surface area contributed by atoms with E-state index in [-0.39, 0.29) is 18.4 Å². The van der Waals surface area contributed by atoms with Gasteiger partial charge in [-0.05, 0) is 55.0 Å². The first-order chi connectivity index (χ1) is 17.6. The normalized spacial score (nSPS) is 10.9. The van der Waals surface area contributed by atoms with Crippen LogP contribution in [0.1, 0.15) is 39.0 Å². The van der Waals surface area contributed by atoms with E-state index >= 15 is 0 Å². The summed E-state index contributed by atoms with van der Waals surface area (Å²) in [5.41, 5.74) is 3.78. The van der Waals surface area contributed by atoms with Crippen LogP contribution in [0.5, 0.6) is 0 Å². The molecule has 0 saturated heterocycles. The number of benzene rings is 1. The molecule has 1 aromatic carbocycles. The number of carbonyl (C=O) groups is 2. The van der Waals surface area contributed by atoms with E-state index in [1.165, 1.54) is 0 Å². The van der Waals surface area contributed by atoms with E-state index in [0.717, 1.165) is 16.9 Å². The Balaban J connectivity index is 1.46. The van der Waals surface area contributed by atoms with E-state index in [4.69, 9.17) is 9.40 Å². The second-order valence-electron chi connectivity index (χ2n) is 8.16. The SMILES string of the molecule is CCNC(=O)c1cccc(CNC(=O)c2cc(-c3cccnc3)nc3c2cnn3Cc2ccco2)c1. The molecule has 9 heteroatoms. The molecule has 0 aliphatic rings. The van der Waals surface area contributed by atoms with Crippen molar-refractivity contribution in [3.8, 4) is 11.3 Å². The average Bonchev–Trinajstić information content (AvgIpc) is 3.58. The van der Waals surface area contributed by atoms with E-state index < -0.39 is 0 Å². The Hall–Kier alpha value is -4.79. The minimum absolute atomic E-state index is 0.147. The highest BCUT2D eigenvalue weighted by atomic mass is 16.3. The third-order valence-corrected chi connectivity index (χ3v) is 5.68. The zero-order valence-corrected chi connectivity index (χ0v) is 19.6. The lowest BCUT2D eigenvalue weighted by atomic mass is 10.1. The van der Waals surface area contributed by atoms with Crippen LogP contribution in [0.15, 0.2) is 83.9 Å². The number of hydrogen-bond acceptors (Lipinski definition) is 6. The minimum atomic E-state index is -0.270. The molecule has 4 aromatic heterocycles. The molecule has 2 N–H and O–H groups in total. The minimum Gasteiger partial charge on any atom is -0.467 e. The number of amides is 2. The van der Waals surface area contributed by atoms with Gasteiger partial charge in [-0.3, -0.25) is 14.6 Å². The highest BCUT2D eigenvalue weighted by molar-refractivity contribution is 6.06. The Kier molecular flexibility index (Phi) is 6.53. The third-order valence-electron chi connectivity index (χ3n) is 5.68. The number of hydrogen-bond donors (Lipinski definition) is 2. The van der Waals surface area contributed by atoms with Crippen LogP contribution in [0.2, 0.25) is 0 Å². The number of rotatable bonds is 8. The predicted octanol–water partition coefficient (Wildman–Crippen LogP) is 3.81.